The van der Waals surface area contributed by atoms with Crippen molar-refractivity contribution >= 4 is 27.4 Å². The van der Waals surface area contributed by atoms with Gasteiger partial charge < -0.3 is 15.3 Å². The van der Waals surface area contributed by atoms with Crippen LogP contribution in [0.1, 0.15) is 60.5 Å². The number of halogens is 3. The first kappa shape index (κ1) is 26.2. The zero-order chi connectivity index (χ0) is 26.3. The predicted octanol–water partition coefficient (Wildman–Crippen LogP) is 3.55. The first-order valence-electron chi connectivity index (χ1n) is 11.7. The second-order valence-electron chi connectivity index (χ2n) is 9.43. The minimum Gasteiger partial charge on any atom is -0.392 e. The number of nitrogens with one attached hydrogen (secondary N) is 2. The van der Waals surface area contributed by atoms with Gasteiger partial charge in [-0.05, 0) is 61.4 Å². The Morgan fingerprint density at radius 1 is 1.22 bits per heavy atom. The Morgan fingerprint density at radius 3 is 2.53 bits per heavy atom. The van der Waals surface area contributed by atoms with Gasteiger partial charge in [-0.15, -0.1) is 0 Å². The normalized spacial score (nSPS) is 20.8. The molecule has 4 rings (SSSR count). The number of carbonyl (C=O) groups is 1. The molecule has 1 saturated heterocycles. The Morgan fingerprint density at radius 2 is 1.92 bits per heavy atom. The summed E-state index contributed by atoms with van der Waals surface area (Å²) >= 11 is 0. The van der Waals surface area contributed by atoms with Gasteiger partial charge in [-0.3, -0.25) is 9.52 Å². The van der Waals surface area contributed by atoms with Gasteiger partial charge >= 0.3 is 6.18 Å². The molecule has 1 aromatic carbocycles. The fourth-order valence-electron chi connectivity index (χ4n) is 4.63. The van der Waals surface area contributed by atoms with Gasteiger partial charge in [0.1, 0.15) is 11.5 Å². The second-order valence-corrected chi connectivity index (χ2v) is 11.2. The summed E-state index contributed by atoms with van der Waals surface area (Å²) in [6.07, 6.45) is -1.23. The lowest BCUT2D eigenvalue weighted by Crippen LogP contribution is -2.29. The highest BCUT2D eigenvalue weighted by molar-refractivity contribution is 7.92. The van der Waals surface area contributed by atoms with Crippen molar-refractivity contribution in [3.05, 3.63) is 52.7 Å². The number of hydrogen-bond acceptors (Lipinski definition) is 6. The molecule has 12 heteroatoms. The van der Waals surface area contributed by atoms with Gasteiger partial charge in [0.05, 0.1) is 24.6 Å². The standard InChI is InChI=1S/C24H29F3N4O4S/c1-14(15-5-7-20(16(11-15)13-32)30-36(2,34)35)28-23(33)19-12-18(19)17-6-8-21(24(25,26)27)29-22(17)31-9-3-4-10-31/h5-8,11,14,18-19,30,32H,3-4,9-10,12-13H2,1-2H3,(H,28,33)/t14-,18?,19?/m1/s1. The summed E-state index contributed by atoms with van der Waals surface area (Å²) in [4.78, 5) is 18.8. The minimum atomic E-state index is -4.54. The van der Waals surface area contributed by atoms with Crippen LogP contribution in [-0.4, -0.2) is 43.8 Å². The van der Waals surface area contributed by atoms with E-state index in [1.54, 1.807) is 19.1 Å². The number of anilines is 2. The van der Waals surface area contributed by atoms with Crippen LogP contribution in [0.2, 0.25) is 0 Å². The first-order chi connectivity index (χ1) is 16.9. The molecule has 2 fully saturated rings. The van der Waals surface area contributed by atoms with Crippen molar-refractivity contribution in [2.45, 2.75) is 50.9 Å². The number of aliphatic hydroxyl groups excluding tert-OH is 1. The molecule has 1 saturated carbocycles. The maximum Gasteiger partial charge on any atom is 0.433 e. The zero-order valence-electron chi connectivity index (χ0n) is 20.0. The van der Waals surface area contributed by atoms with Crippen molar-refractivity contribution in [1.29, 1.82) is 0 Å². The molecule has 2 aromatic rings. The Kier molecular flexibility index (Phi) is 7.20. The molecule has 3 N–H and O–H groups in total. The molecule has 2 heterocycles. The molecule has 196 valence electrons. The van der Waals surface area contributed by atoms with Crippen LogP contribution in [0.25, 0.3) is 0 Å². The van der Waals surface area contributed by atoms with E-state index in [0.29, 0.717) is 42.0 Å². The van der Waals surface area contributed by atoms with Crippen LogP contribution in [0.5, 0.6) is 0 Å². The van der Waals surface area contributed by atoms with Crippen molar-refractivity contribution < 1.29 is 31.5 Å². The van der Waals surface area contributed by atoms with Crippen LogP contribution in [0.3, 0.4) is 0 Å². The fraction of sp³-hybridized carbons (Fsp3) is 0.500. The Bertz CT molecular complexity index is 1250. The smallest absolute Gasteiger partial charge is 0.392 e. The lowest BCUT2D eigenvalue weighted by molar-refractivity contribution is -0.141. The number of aromatic nitrogens is 1. The average molecular weight is 527 g/mol. The number of rotatable bonds is 8. The van der Waals surface area contributed by atoms with Gasteiger partial charge in [0.25, 0.3) is 0 Å². The summed E-state index contributed by atoms with van der Waals surface area (Å²) in [6.45, 7) is 2.65. The van der Waals surface area contributed by atoms with Crippen molar-refractivity contribution in [2.75, 3.05) is 29.0 Å². The SMILES string of the molecule is C[C@@H](NC(=O)C1CC1c1ccc(C(F)(F)F)nc1N1CCCC1)c1ccc(NS(C)(=O)=O)c(CO)c1. The number of pyridine rings is 1. The van der Waals surface area contributed by atoms with Gasteiger partial charge in [-0.1, -0.05) is 12.1 Å². The third kappa shape index (κ3) is 5.92. The Labute approximate surface area is 208 Å². The quantitative estimate of drug-likeness (QED) is 0.485. The molecule has 1 aromatic heterocycles. The van der Waals surface area contributed by atoms with E-state index in [4.69, 9.17) is 0 Å². The summed E-state index contributed by atoms with van der Waals surface area (Å²) in [6, 6.07) is 6.81. The molecular formula is C24H29F3N4O4S. The van der Waals surface area contributed by atoms with Gasteiger partial charge in [-0.25, -0.2) is 13.4 Å². The van der Waals surface area contributed by atoms with Crippen LogP contribution in [0, 0.1) is 5.92 Å². The summed E-state index contributed by atoms with van der Waals surface area (Å²) < 4.78 is 65.2. The van der Waals surface area contributed by atoms with Crippen LogP contribution < -0.4 is 14.9 Å². The predicted molar refractivity (Wildman–Crippen MR) is 129 cm³/mol. The number of carbonyl (C=O) groups excluding carboxylic acids is 1. The lowest BCUT2D eigenvalue weighted by Gasteiger charge is -2.22. The number of amides is 1. The largest absolute Gasteiger partial charge is 0.433 e. The van der Waals surface area contributed by atoms with E-state index in [1.807, 2.05) is 4.90 Å². The topological polar surface area (TPSA) is 112 Å². The van der Waals surface area contributed by atoms with E-state index < -0.39 is 34.5 Å². The zero-order valence-corrected chi connectivity index (χ0v) is 20.8. The van der Waals surface area contributed by atoms with Crippen LogP contribution >= 0.6 is 0 Å². The van der Waals surface area contributed by atoms with Gasteiger partial charge in [0, 0.05) is 24.6 Å². The van der Waals surface area contributed by atoms with Crippen LogP contribution in [0.15, 0.2) is 30.3 Å². The number of hydrogen-bond donors (Lipinski definition) is 3. The van der Waals surface area contributed by atoms with Gasteiger partial charge in [0.2, 0.25) is 15.9 Å². The third-order valence-electron chi connectivity index (χ3n) is 6.58. The Balaban J connectivity index is 1.48. The highest BCUT2D eigenvalue weighted by atomic mass is 32.2. The lowest BCUT2D eigenvalue weighted by atomic mass is 10.0. The van der Waals surface area contributed by atoms with Crippen LogP contribution in [-0.2, 0) is 27.6 Å². The third-order valence-corrected chi connectivity index (χ3v) is 7.17. The van der Waals surface area contributed by atoms with E-state index in [-0.39, 0.29) is 23.4 Å². The molecule has 0 radical (unpaired) electrons. The maximum absolute atomic E-state index is 13.3. The number of sulfonamides is 1. The van der Waals surface area contributed by atoms with E-state index >= 15 is 0 Å². The van der Waals surface area contributed by atoms with Crippen molar-refractivity contribution in [3.8, 4) is 0 Å². The fourth-order valence-corrected chi connectivity index (χ4v) is 5.23. The molecule has 2 aliphatic rings. The highest BCUT2D eigenvalue weighted by Crippen LogP contribution is 2.51. The molecule has 1 aliphatic heterocycles. The van der Waals surface area contributed by atoms with E-state index in [9.17, 15) is 31.5 Å². The summed E-state index contributed by atoms with van der Waals surface area (Å²) in [5.41, 5.74) is 1.04. The highest BCUT2D eigenvalue weighted by Gasteiger charge is 2.47. The Hall–Kier alpha value is -2.86. The summed E-state index contributed by atoms with van der Waals surface area (Å²) in [5.74, 6) is -0.492. The average Bonchev–Trinajstić information content (AvgIpc) is 3.41. The molecule has 0 spiro atoms. The number of aliphatic hydroxyl groups is 1. The van der Waals surface area contributed by atoms with E-state index in [2.05, 4.69) is 15.0 Å². The van der Waals surface area contributed by atoms with Crippen LogP contribution in [0.4, 0.5) is 24.7 Å². The molecule has 8 nitrogen and oxygen atoms in total. The number of nitrogens with zero attached hydrogens (tertiary/aromatic N) is 2. The maximum atomic E-state index is 13.3. The second kappa shape index (κ2) is 9.89. The minimum absolute atomic E-state index is 0.211. The van der Waals surface area contributed by atoms with E-state index in [0.717, 1.165) is 25.2 Å². The summed E-state index contributed by atoms with van der Waals surface area (Å²) in [7, 11) is -3.52. The van der Waals surface area contributed by atoms with E-state index in [1.165, 1.54) is 12.1 Å². The van der Waals surface area contributed by atoms with Gasteiger partial charge in [0.15, 0.2) is 0 Å². The molecule has 2 unspecified atom stereocenters. The molecule has 0 bridgehead atoms. The van der Waals surface area contributed by atoms with Crippen molar-refractivity contribution in [1.82, 2.24) is 10.3 Å². The summed E-state index contributed by atoms with van der Waals surface area (Å²) in [5, 5.41) is 12.6. The number of benzene rings is 1. The molecule has 36 heavy (non-hydrogen) atoms. The van der Waals surface area contributed by atoms with Crippen molar-refractivity contribution in [3.63, 3.8) is 0 Å². The van der Waals surface area contributed by atoms with Gasteiger partial charge in [-0.2, -0.15) is 13.2 Å². The first-order valence-corrected chi connectivity index (χ1v) is 13.6. The molecular weight excluding hydrogens is 497 g/mol. The molecule has 1 amide bonds. The molecule has 1 aliphatic carbocycles. The molecule has 3 atom stereocenters. The van der Waals surface area contributed by atoms with Crippen molar-refractivity contribution in [2.24, 2.45) is 5.92 Å². The number of alkyl halides is 3. The monoisotopic (exact) mass is 526 g/mol.